The molecule has 1 aromatic carbocycles. The van der Waals surface area contributed by atoms with E-state index in [1.54, 1.807) is 35.0 Å². The van der Waals surface area contributed by atoms with Gasteiger partial charge in [-0.3, -0.25) is 4.79 Å². The van der Waals surface area contributed by atoms with Gasteiger partial charge in [-0.1, -0.05) is 19.9 Å². The molecule has 0 saturated carbocycles. The number of nitrogens with one attached hydrogen (secondary N) is 1. The average molecular weight is 378 g/mol. The fourth-order valence-corrected chi connectivity index (χ4v) is 2.81. The van der Waals surface area contributed by atoms with E-state index in [-0.39, 0.29) is 17.6 Å². The number of halogens is 2. The van der Waals surface area contributed by atoms with Crippen LogP contribution in [-0.2, 0) is 10.5 Å². The number of fused-ring (bicyclic) bond motifs is 1. The Balaban J connectivity index is 1.98. The van der Waals surface area contributed by atoms with E-state index in [1.165, 1.54) is 18.2 Å². The molecule has 0 aliphatic heterocycles. The topological polar surface area (TPSA) is 75.8 Å². The molecule has 0 radical (unpaired) electrons. The molecule has 136 valence electrons. The molecule has 0 spiro atoms. The van der Waals surface area contributed by atoms with Gasteiger partial charge in [0.05, 0.1) is 16.9 Å². The van der Waals surface area contributed by atoms with Gasteiger partial charge >= 0.3 is 10.5 Å². The van der Waals surface area contributed by atoms with Gasteiger partial charge in [-0.25, -0.2) is 4.98 Å². The van der Waals surface area contributed by atoms with E-state index < -0.39 is 10.5 Å². The zero-order valence-electron chi connectivity index (χ0n) is 14.0. The summed E-state index contributed by atoms with van der Waals surface area (Å²) in [4.78, 5) is 16.5. The van der Waals surface area contributed by atoms with Gasteiger partial charge in [0.15, 0.2) is 0 Å². The second kappa shape index (κ2) is 6.83. The van der Waals surface area contributed by atoms with Crippen LogP contribution in [0.25, 0.3) is 16.9 Å². The van der Waals surface area contributed by atoms with E-state index in [0.717, 1.165) is 0 Å². The number of pyridine rings is 1. The Morgan fingerprint density at radius 1 is 1.23 bits per heavy atom. The van der Waals surface area contributed by atoms with Gasteiger partial charge in [0.1, 0.15) is 5.65 Å². The van der Waals surface area contributed by atoms with Crippen LogP contribution in [0.1, 0.15) is 24.2 Å². The summed E-state index contributed by atoms with van der Waals surface area (Å²) in [5, 5.41) is 2.81. The smallest absolute Gasteiger partial charge is 0.350 e. The molecule has 3 rings (SSSR count). The minimum absolute atomic E-state index is 0.0179. The van der Waals surface area contributed by atoms with E-state index in [9.17, 15) is 16.8 Å². The standard InChI is InChI=1S/C17H16F2N4O2S/c1-11(2)20-17(24)13-6-7-16-21-15(10-23(16)9-13)12-4-3-5-14(8-12)22-26(18,19)25/h3-11H,1-2H3,(H,20,24). The highest BCUT2D eigenvalue weighted by Gasteiger charge is 2.11. The summed E-state index contributed by atoms with van der Waals surface area (Å²) in [6.45, 7) is 3.74. The SMILES string of the molecule is CC(C)NC(=O)c1ccc2nc(-c3cccc(N=S(=O)(F)F)c3)cn2c1. The number of nitrogens with zero attached hydrogens (tertiary/aromatic N) is 3. The number of amides is 1. The maximum atomic E-state index is 12.6. The molecule has 2 heterocycles. The van der Waals surface area contributed by atoms with Gasteiger partial charge in [0.25, 0.3) is 5.91 Å². The van der Waals surface area contributed by atoms with Gasteiger partial charge in [-0.05, 0) is 38.1 Å². The predicted octanol–water partition coefficient (Wildman–Crippen LogP) is 4.01. The first-order valence-electron chi connectivity index (χ1n) is 7.78. The zero-order chi connectivity index (χ0) is 18.9. The van der Waals surface area contributed by atoms with Crippen molar-refractivity contribution in [2.45, 2.75) is 19.9 Å². The van der Waals surface area contributed by atoms with Crippen molar-refractivity contribution in [3.05, 3.63) is 54.4 Å². The van der Waals surface area contributed by atoms with Crippen molar-refractivity contribution >= 4 is 27.7 Å². The summed E-state index contributed by atoms with van der Waals surface area (Å²) in [6.07, 6.45) is 3.33. The Hall–Kier alpha value is -2.81. The molecular weight excluding hydrogens is 362 g/mol. The molecule has 3 aromatic rings. The maximum Gasteiger partial charge on any atom is 0.371 e. The van der Waals surface area contributed by atoms with Crippen LogP contribution in [0.4, 0.5) is 13.5 Å². The van der Waals surface area contributed by atoms with Crippen molar-refractivity contribution < 1.29 is 16.8 Å². The second-order valence-corrected chi connectivity index (χ2v) is 6.95. The van der Waals surface area contributed by atoms with E-state index in [4.69, 9.17) is 0 Å². The van der Waals surface area contributed by atoms with Crippen LogP contribution in [0.2, 0.25) is 0 Å². The number of hydrogen-bond acceptors (Lipinski definition) is 4. The first kappa shape index (κ1) is 18.0. The highest BCUT2D eigenvalue weighted by atomic mass is 32.3. The van der Waals surface area contributed by atoms with E-state index in [2.05, 4.69) is 14.7 Å². The minimum atomic E-state index is -5.22. The van der Waals surface area contributed by atoms with Crippen LogP contribution >= 0.6 is 0 Å². The first-order chi connectivity index (χ1) is 12.2. The Labute approximate surface area is 149 Å². The Kier molecular flexibility index (Phi) is 4.73. The first-order valence-corrected chi connectivity index (χ1v) is 9.09. The quantitative estimate of drug-likeness (QED) is 0.697. The van der Waals surface area contributed by atoms with Gasteiger partial charge in [-0.2, -0.15) is 4.21 Å². The monoisotopic (exact) mass is 378 g/mol. The molecule has 0 saturated heterocycles. The maximum absolute atomic E-state index is 12.6. The van der Waals surface area contributed by atoms with Crippen LogP contribution in [-0.4, -0.2) is 25.5 Å². The average Bonchev–Trinajstić information content (AvgIpc) is 2.96. The number of hydrogen-bond donors (Lipinski definition) is 1. The van der Waals surface area contributed by atoms with Crippen LogP contribution in [0.5, 0.6) is 0 Å². The van der Waals surface area contributed by atoms with Crippen molar-refractivity contribution in [1.29, 1.82) is 0 Å². The molecule has 1 N–H and O–H groups in total. The number of imidazole rings is 1. The van der Waals surface area contributed by atoms with Crippen molar-refractivity contribution in [2.75, 3.05) is 0 Å². The minimum Gasteiger partial charge on any atom is -0.350 e. The number of rotatable bonds is 4. The largest absolute Gasteiger partial charge is 0.371 e. The lowest BCUT2D eigenvalue weighted by molar-refractivity contribution is 0.0942. The Bertz CT molecular complexity index is 1090. The molecule has 1 amide bonds. The highest BCUT2D eigenvalue weighted by molar-refractivity contribution is 7.83. The van der Waals surface area contributed by atoms with E-state index in [1.807, 2.05) is 13.8 Å². The Morgan fingerprint density at radius 3 is 2.69 bits per heavy atom. The summed E-state index contributed by atoms with van der Waals surface area (Å²) < 4.78 is 40.4. The van der Waals surface area contributed by atoms with Gasteiger partial charge < -0.3 is 9.72 Å². The number of benzene rings is 1. The normalized spacial score (nSPS) is 11.7. The highest BCUT2D eigenvalue weighted by Crippen LogP contribution is 2.25. The van der Waals surface area contributed by atoms with Gasteiger partial charge in [0.2, 0.25) is 0 Å². The fraction of sp³-hybridized carbons (Fsp3) is 0.176. The molecule has 0 unspecified atom stereocenters. The third-order valence-electron chi connectivity index (χ3n) is 3.49. The summed E-state index contributed by atoms with van der Waals surface area (Å²) in [6, 6.07) is 9.32. The van der Waals surface area contributed by atoms with Gasteiger partial charge in [-0.15, -0.1) is 4.36 Å². The lowest BCUT2D eigenvalue weighted by atomic mass is 10.1. The van der Waals surface area contributed by atoms with Crippen molar-refractivity contribution in [3.63, 3.8) is 0 Å². The third kappa shape index (κ3) is 4.23. The van der Waals surface area contributed by atoms with Crippen LogP contribution in [0.15, 0.2) is 53.2 Å². The lowest BCUT2D eigenvalue weighted by Crippen LogP contribution is -2.30. The molecule has 26 heavy (non-hydrogen) atoms. The third-order valence-corrected chi connectivity index (χ3v) is 3.91. The predicted molar refractivity (Wildman–Crippen MR) is 95.7 cm³/mol. The second-order valence-electron chi connectivity index (χ2n) is 5.98. The molecule has 0 bridgehead atoms. The van der Waals surface area contributed by atoms with E-state index >= 15 is 0 Å². The molecule has 9 heteroatoms. The summed E-state index contributed by atoms with van der Waals surface area (Å²) in [5.74, 6) is -0.196. The van der Waals surface area contributed by atoms with Crippen LogP contribution in [0.3, 0.4) is 0 Å². The molecule has 0 atom stereocenters. The zero-order valence-corrected chi connectivity index (χ0v) is 14.8. The van der Waals surface area contributed by atoms with Crippen molar-refractivity contribution in [2.24, 2.45) is 4.36 Å². The van der Waals surface area contributed by atoms with E-state index in [0.29, 0.717) is 22.5 Å². The Morgan fingerprint density at radius 2 is 2.00 bits per heavy atom. The molecular formula is C17H16F2N4O2S. The molecule has 0 fully saturated rings. The fourth-order valence-electron chi connectivity index (χ4n) is 2.46. The van der Waals surface area contributed by atoms with Crippen molar-refractivity contribution in [1.82, 2.24) is 14.7 Å². The number of carbonyl (C=O) groups is 1. The molecule has 0 aliphatic carbocycles. The lowest BCUT2D eigenvalue weighted by Gasteiger charge is -2.08. The summed E-state index contributed by atoms with van der Waals surface area (Å²) in [7, 11) is -5.22. The molecule has 6 nitrogen and oxygen atoms in total. The summed E-state index contributed by atoms with van der Waals surface area (Å²) >= 11 is 0. The van der Waals surface area contributed by atoms with Crippen LogP contribution < -0.4 is 5.32 Å². The summed E-state index contributed by atoms with van der Waals surface area (Å²) in [5.41, 5.74) is 2.06. The number of carbonyl (C=O) groups excluding carboxylic acids is 1. The molecule has 2 aromatic heterocycles. The van der Waals surface area contributed by atoms with Crippen LogP contribution in [0, 0.1) is 0 Å². The van der Waals surface area contributed by atoms with Gasteiger partial charge in [0, 0.05) is 24.0 Å². The molecule has 0 aliphatic rings. The number of aromatic nitrogens is 2. The van der Waals surface area contributed by atoms with Crippen molar-refractivity contribution in [3.8, 4) is 11.3 Å².